The highest BCUT2D eigenvalue weighted by molar-refractivity contribution is 7.12. The van der Waals surface area contributed by atoms with Crippen molar-refractivity contribution in [2.24, 2.45) is 0 Å². The van der Waals surface area contributed by atoms with E-state index in [0.717, 1.165) is 0 Å². The number of nitrogens with zero attached hydrogens (tertiary/aromatic N) is 3. The molecule has 5 nitrogen and oxygen atoms in total. The number of carbonyl (C=O) groups is 1. The van der Waals surface area contributed by atoms with Gasteiger partial charge in [-0.1, -0.05) is 0 Å². The Bertz CT molecular complexity index is 568. The second-order valence-electron chi connectivity index (χ2n) is 3.72. The van der Waals surface area contributed by atoms with E-state index in [1.165, 1.54) is 11.3 Å². The molecule has 0 aromatic carbocycles. The minimum atomic E-state index is -0.457. The quantitative estimate of drug-likeness (QED) is 0.790. The zero-order valence-corrected chi connectivity index (χ0v) is 10.6. The zero-order chi connectivity index (χ0) is 13.0. The summed E-state index contributed by atoms with van der Waals surface area (Å²) in [4.78, 5) is 12.2. The molecule has 92 valence electrons. The number of nitriles is 1. The smallest absolute Gasteiger partial charge is 0.350 e. The normalized spacial score (nSPS) is 11.8. The van der Waals surface area contributed by atoms with Crippen molar-refractivity contribution in [1.82, 2.24) is 9.78 Å². The summed E-state index contributed by atoms with van der Waals surface area (Å²) in [6.45, 7) is 2.28. The van der Waals surface area contributed by atoms with Crippen molar-refractivity contribution in [3.8, 4) is 6.07 Å². The van der Waals surface area contributed by atoms with Crippen LogP contribution in [-0.4, -0.2) is 21.9 Å². The Morgan fingerprint density at radius 2 is 2.56 bits per heavy atom. The van der Waals surface area contributed by atoms with E-state index in [9.17, 15) is 4.79 Å². The van der Waals surface area contributed by atoms with Gasteiger partial charge >= 0.3 is 5.97 Å². The van der Waals surface area contributed by atoms with Gasteiger partial charge in [-0.2, -0.15) is 10.4 Å². The molecule has 0 bridgehead atoms. The molecule has 0 unspecified atom stereocenters. The first kappa shape index (κ1) is 12.3. The number of ether oxygens (including phenoxy) is 1. The minimum Gasteiger partial charge on any atom is -0.456 e. The van der Waals surface area contributed by atoms with Gasteiger partial charge in [0, 0.05) is 12.4 Å². The average Bonchev–Trinajstić information content (AvgIpc) is 2.97. The molecule has 0 amide bonds. The molecule has 2 rings (SSSR count). The van der Waals surface area contributed by atoms with E-state index in [0.29, 0.717) is 17.0 Å². The Morgan fingerprint density at radius 1 is 1.72 bits per heavy atom. The molecular formula is C12H11N3O2S. The van der Waals surface area contributed by atoms with Crippen LogP contribution in [0.2, 0.25) is 0 Å². The van der Waals surface area contributed by atoms with Crippen LogP contribution < -0.4 is 0 Å². The summed E-state index contributed by atoms with van der Waals surface area (Å²) in [7, 11) is 0. The first-order valence-corrected chi connectivity index (χ1v) is 6.24. The Morgan fingerprint density at radius 3 is 3.22 bits per heavy atom. The standard InChI is InChI=1S/C12H11N3O2S/c1-9(8-15-5-2-4-14-15)17-12(16)11-10(7-13)3-6-18-11/h2-6,9H,8H2,1H3/t9-/m1/s1. The fourth-order valence-electron chi connectivity index (χ4n) is 1.50. The molecule has 2 heterocycles. The molecule has 0 aliphatic carbocycles. The predicted octanol–water partition coefficient (Wildman–Crippen LogP) is 2.06. The maximum atomic E-state index is 11.8. The lowest BCUT2D eigenvalue weighted by molar-refractivity contribution is 0.0304. The largest absolute Gasteiger partial charge is 0.456 e. The van der Waals surface area contributed by atoms with Gasteiger partial charge in [-0.05, 0) is 24.4 Å². The summed E-state index contributed by atoms with van der Waals surface area (Å²) in [6, 6.07) is 5.38. The van der Waals surface area contributed by atoms with E-state index < -0.39 is 5.97 Å². The van der Waals surface area contributed by atoms with E-state index >= 15 is 0 Å². The molecular weight excluding hydrogens is 250 g/mol. The summed E-state index contributed by atoms with van der Waals surface area (Å²) in [5.74, 6) is -0.457. The van der Waals surface area contributed by atoms with Crippen LogP contribution >= 0.6 is 11.3 Å². The molecule has 0 saturated heterocycles. The van der Waals surface area contributed by atoms with E-state index in [-0.39, 0.29) is 6.10 Å². The van der Waals surface area contributed by atoms with E-state index in [4.69, 9.17) is 10.00 Å². The predicted molar refractivity (Wildman–Crippen MR) is 66.1 cm³/mol. The monoisotopic (exact) mass is 261 g/mol. The molecule has 2 aromatic rings. The Balaban J connectivity index is 1.97. The summed E-state index contributed by atoms with van der Waals surface area (Å²) < 4.78 is 6.96. The maximum absolute atomic E-state index is 11.8. The number of rotatable bonds is 4. The van der Waals surface area contributed by atoms with Crippen LogP contribution in [0.25, 0.3) is 0 Å². The molecule has 0 aliphatic heterocycles. The Labute approximate surface area is 108 Å². The van der Waals surface area contributed by atoms with E-state index in [1.54, 1.807) is 35.4 Å². The van der Waals surface area contributed by atoms with Crippen LogP contribution in [0.4, 0.5) is 0 Å². The molecule has 18 heavy (non-hydrogen) atoms. The third kappa shape index (κ3) is 2.76. The second-order valence-corrected chi connectivity index (χ2v) is 4.64. The molecule has 0 radical (unpaired) electrons. The molecule has 0 saturated carbocycles. The molecule has 1 atom stereocenters. The lowest BCUT2D eigenvalue weighted by Crippen LogP contribution is -2.20. The van der Waals surface area contributed by atoms with Crippen molar-refractivity contribution >= 4 is 17.3 Å². The van der Waals surface area contributed by atoms with Crippen molar-refractivity contribution in [2.45, 2.75) is 19.6 Å². The third-order valence-corrected chi connectivity index (χ3v) is 3.18. The Kier molecular flexibility index (Phi) is 3.75. The number of carbonyl (C=O) groups excluding carboxylic acids is 1. The number of hydrogen-bond donors (Lipinski definition) is 0. The number of hydrogen-bond acceptors (Lipinski definition) is 5. The van der Waals surface area contributed by atoms with Crippen molar-refractivity contribution in [2.75, 3.05) is 0 Å². The van der Waals surface area contributed by atoms with Gasteiger partial charge in [0.25, 0.3) is 0 Å². The van der Waals surface area contributed by atoms with Gasteiger partial charge in [-0.15, -0.1) is 11.3 Å². The van der Waals surface area contributed by atoms with Crippen LogP contribution in [0.15, 0.2) is 29.9 Å². The highest BCUT2D eigenvalue weighted by Crippen LogP contribution is 2.17. The summed E-state index contributed by atoms with van der Waals surface area (Å²) in [5, 5.41) is 14.6. The third-order valence-electron chi connectivity index (χ3n) is 2.28. The first-order valence-electron chi connectivity index (χ1n) is 5.36. The van der Waals surface area contributed by atoms with Gasteiger partial charge in [-0.3, -0.25) is 4.68 Å². The summed E-state index contributed by atoms with van der Waals surface area (Å²) in [6.07, 6.45) is 3.17. The van der Waals surface area contributed by atoms with Gasteiger partial charge in [0.2, 0.25) is 0 Å². The SMILES string of the molecule is C[C@H](Cn1cccn1)OC(=O)c1sccc1C#N. The second kappa shape index (κ2) is 5.47. The van der Waals surface area contributed by atoms with Crippen LogP contribution in [0.1, 0.15) is 22.2 Å². The number of aromatic nitrogens is 2. The van der Waals surface area contributed by atoms with Crippen molar-refractivity contribution < 1.29 is 9.53 Å². The zero-order valence-electron chi connectivity index (χ0n) is 9.74. The van der Waals surface area contributed by atoms with Crippen LogP contribution in [0.5, 0.6) is 0 Å². The first-order chi connectivity index (χ1) is 8.70. The van der Waals surface area contributed by atoms with Crippen LogP contribution in [0.3, 0.4) is 0 Å². The molecule has 0 N–H and O–H groups in total. The molecule has 0 fully saturated rings. The average molecular weight is 261 g/mol. The van der Waals surface area contributed by atoms with Crippen molar-refractivity contribution in [1.29, 1.82) is 5.26 Å². The van der Waals surface area contributed by atoms with Crippen LogP contribution in [-0.2, 0) is 11.3 Å². The van der Waals surface area contributed by atoms with Gasteiger partial charge in [0.05, 0.1) is 12.1 Å². The highest BCUT2D eigenvalue weighted by Gasteiger charge is 2.17. The fraction of sp³-hybridized carbons (Fsp3) is 0.250. The number of esters is 1. The fourth-order valence-corrected chi connectivity index (χ4v) is 2.23. The van der Waals surface area contributed by atoms with Gasteiger partial charge in [-0.25, -0.2) is 4.79 Å². The van der Waals surface area contributed by atoms with Gasteiger partial charge in [0.1, 0.15) is 17.1 Å². The van der Waals surface area contributed by atoms with Gasteiger partial charge in [0.15, 0.2) is 0 Å². The lowest BCUT2D eigenvalue weighted by atomic mass is 10.3. The minimum absolute atomic E-state index is 0.300. The molecule has 0 aliphatic rings. The van der Waals surface area contributed by atoms with Gasteiger partial charge < -0.3 is 4.74 Å². The van der Waals surface area contributed by atoms with E-state index in [1.807, 2.05) is 12.1 Å². The Hall–Kier alpha value is -2.13. The summed E-state index contributed by atoms with van der Waals surface area (Å²) in [5.41, 5.74) is 0.358. The maximum Gasteiger partial charge on any atom is 0.350 e. The molecule has 6 heteroatoms. The lowest BCUT2D eigenvalue weighted by Gasteiger charge is -2.12. The molecule has 2 aromatic heterocycles. The summed E-state index contributed by atoms with van der Waals surface area (Å²) >= 11 is 1.21. The van der Waals surface area contributed by atoms with Crippen molar-refractivity contribution in [3.63, 3.8) is 0 Å². The molecule has 0 spiro atoms. The van der Waals surface area contributed by atoms with E-state index in [2.05, 4.69) is 5.10 Å². The highest BCUT2D eigenvalue weighted by atomic mass is 32.1. The van der Waals surface area contributed by atoms with Crippen molar-refractivity contribution in [3.05, 3.63) is 40.3 Å². The van der Waals surface area contributed by atoms with Crippen LogP contribution in [0, 0.1) is 11.3 Å². The number of thiophene rings is 1. The topological polar surface area (TPSA) is 67.9 Å².